The molecule has 0 spiro atoms. The van der Waals surface area contributed by atoms with Crippen LogP contribution in [0.25, 0.3) is 0 Å². The van der Waals surface area contributed by atoms with Crippen LogP contribution in [0.1, 0.15) is 45.8 Å². The van der Waals surface area contributed by atoms with Gasteiger partial charge in [-0.15, -0.1) is 0 Å². The molecule has 0 bridgehead atoms. The second-order valence-electron chi connectivity index (χ2n) is 9.38. The van der Waals surface area contributed by atoms with Crippen molar-refractivity contribution in [2.24, 2.45) is 0 Å². The summed E-state index contributed by atoms with van der Waals surface area (Å²) in [5.41, 5.74) is 3.73. The minimum atomic E-state index is 0.0506. The minimum absolute atomic E-state index is 0.0506. The van der Waals surface area contributed by atoms with E-state index in [4.69, 9.17) is 4.74 Å². The number of benzene rings is 2. The number of amides is 1. The summed E-state index contributed by atoms with van der Waals surface area (Å²) in [5, 5.41) is 10.2. The summed E-state index contributed by atoms with van der Waals surface area (Å²) in [6, 6.07) is 19.9. The Kier molecular flexibility index (Phi) is 7.31. The average molecular weight is 482 g/mol. The van der Waals surface area contributed by atoms with E-state index in [0.29, 0.717) is 12.1 Å². The Morgan fingerprint density at radius 3 is 2.25 bits per heavy atom. The molecule has 3 aromatic rings. The molecule has 2 aliphatic rings. The molecular formula is C30H31N3O3. The van der Waals surface area contributed by atoms with Gasteiger partial charge in [0.15, 0.2) is 0 Å². The van der Waals surface area contributed by atoms with Crippen LogP contribution >= 0.6 is 0 Å². The quantitative estimate of drug-likeness (QED) is 0.578. The van der Waals surface area contributed by atoms with Gasteiger partial charge in [-0.3, -0.25) is 14.7 Å². The zero-order chi connectivity index (χ0) is 24.9. The third-order valence-electron chi connectivity index (χ3n) is 7.32. The Balaban J connectivity index is 1.33. The number of ether oxygens (including phenoxy) is 1. The van der Waals surface area contributed by atoms with Gasteiger partial charge < -0.3 is 14.7 Å². The zero-order valence-electron chi connectivity index (χ0n) is 20.5. The van der Waals surface area contributed by atoms with Crippen LogP contribution in [0.5, 0.6) is 5.75 Å². The van der Waals surface area contributed by atoms with Crippen LogP contribution in [0.4, 0.5) is 0 Å². The standard InChI is InChI=1S/C30H31N3O3/c1-36-26-12-8-23(9-13-26)5-4-22-6-10-24(11-7-22)29-27-20-32(30(35)25-14-16-31-17-15-25)18-2-3-19-33(27)28(29)21-34/h6-17,27-29,34H,2-3,18-21H2,1H3/t27-,28+,29+/m1/s1. The Morgan fingerprint density at radius 1 is 0.972 bits per heavy atom. The molecule has 2 aliphatic heterocycles. The number of aliphatic hydroxyl groups is 1. The highest BCUT2D eigenvalue weighted by Crippen LogP contribution is 2.42. The molecule has 2 aromatic carbocycles. The zero-order valence-corrected chi connectivity index (χ0v) is 20.5. The van der Waals surface area contributed by atoms with E-state index in [2.05, 4.69) is 33.9 Å². The fourth-order valence-electron chi connectivity index (χ4n) is 5.41. The molecule has 0 saturated carbocycles. The number of aliphatic hydroxyl groups excluding tert-OH is 1. The van der Waals surface area contributed by atoms with Crippen LogP contribution in [0.2, 0.25) is 0 Å². The van der Waals surface area contributed by atoms with Crippen molar-refractivity contribution in [2.75, 3.05) is 33.4 Å². The fraction of sp³-hybridized carbons (Fsp3) is 0.333. The highest BCUT2D eigenvalue weighted by Gasteiger charge is 2.49. The van der Waals surface area contributed by atoms with Crippen LogP contribution in [0, 0.1) is 11.8 Å². The normalized spacial score (nSPS) is 21.7. The lowest BCUT2D eigenvalue weighted by molar-refractivity contribution is -0.0606. The molecule has 3 heterocycles. The van der Waals surface area contributed by atoms with E-state index in [0.717, 1.165) is 42.8 Å². The Morgan fingerprint density at radius 2 is 1.61 bits per heavy atom. The van der Waals surface area contributed by atoms with E-state index in [-0.39, 0.29) is 30.5 Å². The number of nitrogens with zero attached hydrogens (tertiary/aromatic N) is 3. The third kappa shape index (κ3) is 4.99. The molecule has 1 amide bonds. The van der Waals surface area contributed by atoms with Crippen molar-refractivity contribution in [2.45, 2.75) is 30.8 Å². The highest BCUT2D eigenvalue weighted by atomic mass is 16.5. The molecule has 3 atom stereocenters. The summed E-state index contributed by atoms with van der Waals surface area (Å²) >= 11 is 0. The molecule has 184 valence electrons. The first-order chi connectivity index (χ1) is 17.7. The van der Waals surface area contributed by atoms with Crippen molar-refractivity contribution in [3.8, 4) is 17.6 Å². The topological polar surface area (TPSA) is 65.9 Å². The maximum Gasteiger partial charge on any atom is 0.254 e. The van der Waals surface area contributed by atoms with Crippen molar-refractivity contribution in [1.82, 2.24) is 14.8 Å². The van der Waals surface area contributed by atoms with Gasteiger partial charge in [-0.05, 0) is 73.5 Å². The number of hydrogen-bond acceptors (Lipinski definition) is 5. The molecule has 0 radical (unpaired) electrons. The van der Waals surface area contributed by atoms with Crippen molar-refractivity contribution in [3.63, 3.8) is 0 Å². The van der Waals surface area contributed by atoms with E-state index in [9.17, 15) is 9.90 Å². The number of aromatic nitrogens is 1. The smallest absolute Gasteiger partial charge is 0.254 e. The summed E-state index contributed by atoms with van der Waals surface area (Å²) in [7, 11) is 1.65. The lowest BCUT2D eigenvalue weighted by atomic mass is 9.74. The van der Waals surface area contributed by atoms with Crippen molar-refractivity contribution >= 4 is 5.91 Å². The highest BCUT2D eigenvalue weighted by molar-refractivity contribution is 5.94. The van der Waals surface area contributed by atoms with Crippen molar-refractivity contribution in [1.29, 1.82) is 0 Å². The molecule has 2 fully saturated rings. The van der Waals surface area contributed by atoms with E-state index in [1.807, 2.05) is 41.3 Å². The summed E-state index contributed by atoms with van der Waals surface area (Å²) in [4.78, 5) is 21.6. The van der Waals surface area contributed by atoms with E-state index >= 15 is 0 Å². The fourth-order valence-corrected chi connectivity index (χ4v) is 5.41. The predicted octanol–water partition coefficient (Wildman–Crippen LogP) is 3.55. The average Bonchev–Trinajstić information content (AvgIpc) is 2.92. The number of fused-ring (bicyclic) bond motifs is 1. The van der Waals surface area contributed by atoms with Crippen LogP contribution in [0.15, 0.2) is 73.1 Å². The van der Waals surface area contributed by atoms with E-state index < -0.39 is 0 Å². The number of carbonyl (C=O) groups is 1. The molecule has 36 heavy (non-hydrogen) atoms. The van der Waals surface area contributed by atoms with Crippen LogP contribution in [-0.4, -0.2) is 71.2 Å². The third-order valence-corrected chi connectivity index (χ3v) is 7.32. The summed E-state index contributed by atoms with van der Waals surface area (Å²) in [5.74, 6) is 7.47. The lowest BCUT2D eigenvalue weighted by Gasteiger charge is -2.57. The Hall–Kier alpha value is -3.66. The van der Waals surface area contributed by atoms with Gasteiger partial charge in [-0.25, -0.2) is 0 Å². The maximum atomic E-state index is 13.2. The second-order valence-corrected chi connectivity index (χ2v) is 9.38. The first kappa shape index (κ1) is 24.1. The Bertz CT molecular complexity index is 1230. The number of pyridine rings is 1. The first-order valence-electron chi connectivity index (χ1n) is 12.5. The molecule has 6 nitrogen and oxygen atoms in total. The largest absolute Gasteiger partial charge is 0.497 e. The van der Waals surface area contributed by atoms with Gasteiger partial charge in [0.2, 0.25) is 0 Å². The lowest BCUT2D eigenvalue weighted by Crippen LogP contribution is -2.67. The van der Waals surface area contributed by atoms with Gasteiger partial charge in [-0.1, -0.05) is 24.0 Å². The molecule has 1 N–H and O–H groups in total. The summed E-state index contributed by atoms with van der Waals surface area (Å²) < 4.78 is 5.20. The van der Waals surface area contributed by atoms with Crippen LogP contribution < -0.4 is 4.74 Å². The second kappa shape index (κ2) is 10.9. The monoisotopic (exact) mass is 481 g/mol. The van der Waals surface area contributed by atoms with Crippen LogP contribution in [0.3, 0.4) is 0 Å². The molecule has 1 aromatic heterocycles. The minimum Gasteiger partial charge on any atom is -0.497 e. The predicted molar refractivity (Wildman–Crippen MR) is 139 cm³/mol. The number of rotatable bonds is 4. The summed E-state index contributed by atoms with van der Waals surface area (Å²) in [6.07, 6.45) is 5.30. The van der Waals surface area contributed by atoms with Gasteiger partial charge in [0.05, 0.1) is 13.7 Å². The van der Waals surface area contributed by atoms with Gasteiger partial charge in [0.1, 0.15) is 5.75 Å². The maximum absolute atomic E-state index is 13.2. The summed E-state index contributed by atoms with van der Waals surface area (Å²) in [6.45, 7) is 2.47. The van der Waals surface area contributed by atoms with Crippen molar-refractivity contribution in [3.05, 3.63) is 95.3 Å². The SMILES string of the molecule is COc1ccc(C#Cc2ccc([C@H]3[C@H]4CN(C(=O)c5ccncc5)CCCCN4[C@H]3CO)cc2)cc1. The number of carbonyl (C=O) groups excluding carboxylic acids is 1. The number of methoxy groups -OCH3 is 1. The Labute approximate surface area is 212 Å². The van der Waals surface area contributed by atoms with E-state index in [1.54, 1.807) is 31.6 Å². The molecule has 0 aliphatic carbocycles. The van der Waals surface area contributed by atoms with Gasteiger partial charge >= 0.3 is 0 Å². The first-order valence-corrected chi connectivity index (χ1v) is 12.5. The molecule has 0 unspecified atom stereocenters. The van der Waals surface area contributed by atoms with E-state index in [1.165, 1.54) is 5.56 Å². The molecular weight excluding hydrogens is 450 g/mol. The molecule has 5 rings (SSSR count). The molecule has 2 saturated heterocycles. The van der Waals surface area contributed by atoms with Gasteiger partial charge in [0, 0.05) is 60.2 Å². The number of hydrogen-bond donors (Lipinski definition) is 1. The van der Waals surface area contributed by atoms with Gasteiger partial charge in [-0.2, -0.15) is 0 Å². The van der Waals surface area contributed by atoms with Gasteiger partial charge in [0.25, 0.3) is 5.91 Å². The van der Waals surface area contributed by atoms with Crippen LogP contribution in [-0.2, 0) is 0 Å². The molecule has 6 heteroatoms. The van der Waals surface area contributed by atoms with Crippen molar-refractivity contribution < 1.29 is 14.6 Å².